The van der Waals surface area contributed by atoms with Crippen molar-refractivity contribution in [3.05, 3.63) is 17.7 Å². The second-order valence-electron chi connectivity index (χ2n) is 4.83. The van der Waals surface area contributed by atoms with E-state index in [2.05, 4.69) is 5.32 Å². The Kier molecular flexibility index (Phi) is 3.28. The summed E-state index contributed by atoms with van der Waals surface area (Å²) in [5, 5.41) is 3.56. The van der Waals surface area contributed by atoms with Crippen LogP contribution in [-0.2, 0) is 6.42 Å². The topological polar surface area (TPSA) is 39.7 Å². The van der Waals surface area contributed by atoms with Crippen molar-refractivity contribution >= 4 is 0 Å². The van der Waals surface area contributed by atoms with Gasteiger partial charge in [0.2, 0.25) is 6.79 Å². The Labute approximate surface area is 107 Å². The van der Waals surface area contributed by atoms with Gasteiger partial charge in [-0.2, -0.15) is 0 Å². The summed E-state index contributed by atoms with van der Waals surface area (Å²) in [7, 11) is 1.70. The first-order chi connectivity index (χ1) is 8.88. The third kappa shape index (κ3) is 2.12. The van der Waals surface area contributed by atoms with Crippen molar-refractivity contribution in [1.29, 1.82) is 0 Å². The van der Waals surface area contributed by atoms with Crippen LogP contribution in [0.25, 0.3) is 0 Å². The van der Waals surface area contributed by atoms with Gasteiger partial charge >= 0.3 is 0 Å². The van der Waals surface area contributed by atoms with Gasteiger partial charge in [0, 0.05) is 11.6 Å². The second kappa shape index (κ2) is 5.06. The van der Waals surface area contributed by atoms with Crippen LogP contribution in [0.1, 0.15) is 24.8 Å². The van der Waals surface area contributed by atoms with Crippen LogP contribution in [0.2, 0.25) is 0 Å². The first kappa shape index (κ1) is 11.7. The number of hydrogen-bond donors (Lipinski definition) is 1. The minimum absolute atomic E-state index is 0.313. The van der Waals surface area contributed by atoms with Crippen LogP contribution in [-0.4, -0.2) is 26.5 Å². The van der Waals surface area contributed by atoms with Crippen molar-refractivity contribution in [2.24, 2.45) is 0 Å². The summed E-state index contributed by atoms with van der Waals surface area (Å²) in [6.45, 7) is 1.42. The molecule has 18 heavy (non-hydrogen) atoms. The zero-order valence-corrected chi connectivity index (χ0v) is 10.7. The van der Waals surface area contributed by atoms with Crippen molar-refractivity contribution in [2.45, 2.75) is 31.7 Å². The Bertz CT molecular complexity index is 427. The van der Waals surface area contributed by atoms with E-state index < -0.39 is 0 Å². The third-order valence-corrected chi connectivity index (χ3v) is 3.68. The summed E-state index contributed by atoms with van der Waals surface area (Å²) in [5.41, 5.74) is 1.13. The molecule has 0 amide bonds. The van der Waals surface area contributed by atoms with E-state index in [0.29, 0.717) is 12.8 Å². The van der Waals surface area contributed by atoms with Crippen LogP contribution in [0.3, 0.4) is 0 Å². The van der Waals surface area contributed by atoms with Crippen LogP contribution in [0, 0.1) is 0 Å². The highest BCUT2D eigenvalue weighted by atomic mass is 16.7. The molecule has 1 atom stereocenters. The molecule has 3 rings (SSSR count). The minimum atomic E-state index is 0.313. The van der Waals surface area contributed by atoms with Gasteiger partial charge in [-0.05, 0) is 37.9 Å². The number of fused-ring (bicyclic) bond motifs is 1. The molecule has 0 aliphatic carbocycles. The predicted octanol–water partition coefficient (Wildman–Crippen LogP) is 2.11. The lowest BCUT2D eigenvalue weighted by Crippen LogP contribution is -2.35. The normalized spacial score (nSPS) is 21.9. The number of nitrogens with one attached hydrogen (secondary N) is 1. The number of methoxy groups -OCH3 is 1. The zero-order chi connectivity index (χ0) is 12.4. The monoisotopic (exact) mass is 249 g/mol. The van der Waals surface area contributed by atoms with Crippen LogP contribution >= 0.6 is 0 Å². The zero-order valence-electron chi connectivity index (χ0n) is 10.7. The Morgan fingerprint density at radius 1 is 1.33 bits per heavy atom. The number of rotatable bonds is 3. The summed E-state index contributed by atoms with van der Waals surface area (Å²) in [6.07, 6.45) is 4.73. The molecule has 1 unspecified atom stereocenters. The molecule has 1 aromatic rings. The molecule has 2 aliphatic heterocycles. The van der Waals surface area contributed by atoms with E-state index >= 15 is 0 Å². The fourth-order valence-corrected chi connectivity index (χ4v) is 2.74. The molecule has 0 radical (unpaired) electrons. The van der Waals surface area contributed by atoms with Crippen molar-refractivity contribution in [1.82, 2.24) is 5.32 Å². The largest absolute Gasteiger partial charge is 0.496 e. The summed E-state index contributed by atoms with van der Waals surface area (Å²) >= 11 is 0. The molecule has 1 saturated heterocycles. The smallest absolute Gasteiger partial charge is 0.231 e. The van der Waals surface area contributed by atoms with Crippen molar-refractivity contribution in [3.63, 3.8) is 0 Å². The lowest BCUT2D eigenvalue weighted by molar-refractivity contribution is 0.173. The van der Waals surface area contributed by atoms with Gasteiger partial charge in [-0.25, -0.2) is 0 Å². The molecule has 2 heterocycles. The summed E-state index contributed by atoms with van der Waals surface area (Å²) in [5.74, 6) is 2.59. The molecular formula is C14H19NO3. The predicted molar refractivity (Wildman–Crippen MR) is 68.5 cm³/mol. The number of ether oxygens (including phenoxy) is 3. The molecule has 1 N–H and O–H groups in total. The maximum absolute atomic E-state index is 5.58. The lowest BCUT2D eigenvalue weighted by atomic mass is 9.96. The maximum atomic E-state index is 5.58. The molecule has 98 valence electrons. The standard InChI is InChI=1S/C14H19NO3/c1-16-12-5-6-13-14(18-9-17-13)11(12)8-10-4-2-3-7-15-10/h5-6,10,15H,2-4,7-9H2,1H3. The van der Waals surface area contributed by atoms with Gasteiger partial charge in [0.05, 0.1) is 7.11 Å². The molecule has 1 fully saturated rings. The highest BCUT2D eigenvalue weighted by Crippen LogP contribution is 2.41. The van der Waals surface area contributed by atoms with Crippen molar-refractivity contribution < 1.29 is 14.2 Å². The van der Waals surface area contributed by atoms with Crippen LogP contribution in [0.4, 0.5) is 0 Å². The van der Waals surface area contributed by atoms with E-state index in [1.165, 1.54) is 19.3 Å². The Hall–Kier alpha value is -1.42. The van der Waals surface area contributed by atoms with Crippen LogP contribution in [0.15, 0.2) is 12.1 Å². The third-order valence-electron chi connectivity index (χ3n) is 3.68. The van der Waals surface area contributed by atoms with E-state index in [-0.39, 0.29) is 0 Å². The summed E-state index contributed by atoms with van der Waals surface area (Å²) in [6, 6.07) is 4.40. The molecule has 0 bridgehead atoms. The fraction of sp³-hybridized carbons (Fsp3) is 0.571. The maximum Gasteiger partial charge on any atom is 0.231 e. The number of piperidine rings is 1. The Morgan fingerprint density at radius 3 is 3.06 bits per heavy atom. The highest BCUT2D eigenvalue weighted by molar-refractivity contribution is 5.55. The molecule has 4 nitrogen and oxygen atoms in total. The molecular weight excluding hydrogens is 230 g/mol. The quantitative estimate of drug-likeness (QED) is 0.890. The second-order valence-corrected chi connectivity index (χ2v) is 4.83. The average Bonchev–Trinajstić information content (AvgIpc) is 2.89. The molecule has 0 spiro atoms. The van der Waals surface area contributed by atoms with E-state index in [4.69, 9.17) is 14.2 Å². The summed E-state index contributed by atoms with van der Waals surface area (Å²) in [4.78, 5) is 0. The molecule has 4 heteroatoms. The summed E-state index contributed by atoms with van der Waals surface area (Å²) < 4.78 is 16.5. The van der Waals surface area contributed by atoms with Crippen LogP contribution < -0.4 is 19.5 Å². The van der Waals surface area contributed by atoms with E-state index in [9.17, 15) is 0 Å². The van der Waals surface area contributed by atoms with Gasteiger partial charge in [-0.15, -0.1) is 0 Å². The van der Waals surface area contributed by atoms with E-state index in [1.807, 2.05) is 12.1 Å². The van der Waals surface area contributed by atoms with Gasteiger partial charge in [0.25, 0.3) is 0 Å². The van der Waals surface area contributed by atoms with Gasteiger partial charge in [0.1, 0.15) is 5.75 Å². The first-order valence-corrected chi connectivity index (χ1v) is 6.57. The van der Waals surface area contributed by atoms with Crippen LogP contribution in [0.5, 0.6) is 17.2 Å². The molecule has 0 saturated carbocycles. The van der Waals surface area contributed by atoms with Gasteiger partial charge in [-0.1, -0.05) is 6.42 Å². The first-order valence-electron chi connectivity index (χ1n) is 6.57. The Balaban J connectivity index is 1.86. The number of benzene rings is 1. The minimum Gasteiger partial charge on any atom is -0.496 e. The molecule has 0 aromatic heterocycles. The van der Waals surface area contributed by atoms with E-state index in [1.54, 1.807) is 7.11 Å². The highest BCUT2D eigenvalue weighted by Gasteiger charge is 2.24. The fourth-order valence-electron chi connectivity index (χ4n) is 2.74. The van der Waals surface area contributed by atoms with Gasteiger partial charge < -0.3 is 19.5 Å². The Morgan fingerprint density at radius 2 is 2.28 bits per heavy atom. The number of hydrogen-bond acceptors (Lipinski definition) is 4. The van der Waals surface area contributed by atoms with E-state index in [0.717, 1.165) is 35.8 Å². The lowest BCUT2D eigenvalue weighted by Gasteiger charge is -2.24. The van der Waals surface area contributed by atoms with Crippen molar-refractivity contribution in [3.8, 4) is 17.2 Å². The van der Waals surface area contributed by atoms with Gasteiger partial charge in [0.15, 0.2) is 11.5 Å². The van der Waals surface area contributed by atoms with Gasteiger partial charge in [-0.3, -0.25) is 0 Å². The molecule has 2 aliphatic rings. The SMILES string of the molecule is COc1ccc2c(c1CC1CCCCN1)OCO2. The average molecular weight is 249 g/mol. The van der Waals surface area contributed by atoms with Crippen molar-refractivity contribution in [2.75, 3.05) is 20.4 Å². The molecule has 1 aromatic carbocycles.